The third kappa shape index (κ3) is 4.29. The molecule has 1 saturated carbocycles. The van der Waals surface area contributed by atoms with Crippen molar-refractivity contribution in [2.45, 2.75) is 32.2 Å². The first kappa shape index (κ1) is 19.7. The average Bonchev–Trinajstić information content (AvgIpc) is 3.35. The van der Waals surface area contributed by atoms with Crippen LogP contribution in [0.5, 0.6) is 5.88 Å². The number of hydrogen-bond acceptors (Lipinski definition) is 8. The minimum absolute atomic E-state index is 0.234. The van der Waals surface area contributed by atoms with Crippen molar-refractivity contribution in [3.63, 3.8) is 0 Å². The number of carbonyl (C=O) groups excluding carboxylic acids is 1. The van der Waals surface area contributed by atoms with Crippen molar-refractivity contribution in [1.82, 2.24) is 29.7 Å². The van der Waals surface area contributed by atoms with Crippen molar-refractivity contribution >= 4 is 23.2 Å². The van der Waals surface area contributed by atoms with Gasteiger partial charge in [0.1, 0.15) is 11.5 Å². The van der Waals surface area contributed by atoms with Gasteiger partial charge in [0.15, 0.2) is 5.82 Å². The zero-order valence-corrected chi connectivity index (χ0v) is 17.7. The number of nitrogens with zero attached hydrogens (tertiary/aromatic N) is 6. The first-order chi connectivity index (χ1) is 15.1. The van der Waals surface area contributed by atoms with Crippen molar-refractivity contribution in [1.29, 1.82) is 0 Å². The number of anilines is 2. The standard InChI is InChI=1S/C21H26N8O2/c1-13-10-29-12-17(27-21(31-2)19(29)25-13)26-20(30)16-8-24-18(9-23-16)28-6-5-14(11-28)7-22-15-3-4-15/h8-10,12,14-15,22H,3-7,11H2,1-2H3,(H,26,30). The normalized spacial score (nSPS) is 18.5. The zero-order valence-electron chi connectivity index (χ0n) is 17.7. The Hall–Kier alpha value is -3.27. The molecule has 5 rings (SSSR count). The first-order valence-corrected chi connectivity index (χ1v) is 10.6. The molecule has 1 aliphatic carbocycles. The van der Waals surface area contributed by atoms with Crippen LogP contribution in [0.25, 0.3) is 5.65 Å². The highest BCUT2D eigenvalue weighted by atomic mass is 16.5. The molecule has 3 aromatic heterocycles. The SMILES string of the molecule is COc1nc(NC(=O)c2cnc(N3CCC(CNC4CC4)C3)cn2)cn2cc(C)nc12. The summed E-state index contributed by atoms with van der Waals surface area (Å²) in [6, 6.07) is 0.736. The van der Waals surface area contributed by atoms with Gasteiger partial charge in [0.05, 0.1) is 31.4 Å². The van der Waals surface area contributed by atoms with Gasteiger partial charge in [-0.1, -0.05) is 0 Å². The van der Waals surface area contributed by atoms with E-state index in [0.717, 1.165) is 43.6 Å². The fourth-order valence-corrected chi connectivity index (χ4v) is 3.90. The lowest BCUT2D eigenvalue weighted by atomic mass is 10.1. The summed E-state index contributed by atoms with van der Waals surface area (Å²) < 4.78 is 7.07. The molecular weight excluding hydrogens is 396 g/mol. The van der Waals surface area contributed by atoms with Gasteiger partial charge in [-0.15, -0.1) is 0 Å². The van der Waals surface area contributed by atoms with Crippen molar-refractivity contribution in [2.24, 2.45) is 5.92 Å². The Bertz CT molecular complexity index is 1090. The number of aromatic nitrogens is 5. The molecule has 2 fully saturated rings. The zero-order chi connectivity index (χ0) is 21.4. The van der Waals surface area contributed by atoms with E-state index in [0.29, 0.717) is 23.3 Å². The Morgan fingerprint density at radius 3 is 2.81 bits per heavy atom. The highest BCUT2D eigenvalue weighted by molar-refractivity contribution is 6.02. The van der Waals surface area contributed by atoms with E-state index in [2.05, 4.69) is 35.5 Å². The first-order valence-electron chi connectivity index (χ1n) is 10.6. The Kier molecular flexibility index (Phi) is 5.14. The molecule has 1 unspecified atom stereocenters. The summed E-state index contributed by atoms with van der Waals surface area (Å²) in [5, 5.41) is 6.36. The molecule has 1 saturated heterocycles. The molecule has 2 N–H and O–H groups in total. The monoisotopic (exact) mass is 422 g/mol. The Morgan fingerprint density at radius 1 is 1.19 bits per heavy atom. The van der Waals surface area contributed by atoms with Crippen LogP contribution in [0.1, 0.15) is 35.4 Å². The molecule has 10 heteroatoms. The molecule has 0 aromatic carbocycles. The van der Waals surface area contributed by atoms with E-state index in [1.54, 1.807) is 16.8 Å². The molecule has 1 atom stereocenters. The van der Waals surface area contributed by atoms with E-state index in [4.69, 9.17) is 4.74 Å². The molecule has 1 aliphatic heterocycles. The second-order valence-electron chi connectivity index (χ2n) is 8.25. The van der Waals surface area contributed by atoms with E-state index in [9.17, 15) is 4.79 Å². The lowest BCUT2D eigenvalue weighted by Gasteiger charge is -2.17. The van der Waals surface area contributed by atoms with Gasteiger partial charge >= 0.3 is 0 Å². The van der Waals surface area contributed by atoms with Crippen LogP contribution in [0.3, 0.4) is 0 Å². The molecule has 4 heterocycles. The summed E-state index contributed by atoms with van der Waals surface area (Å²) in [7, 11) is 1.52. The number of amides is 1. The van der Waals surface area contributed by atoms with E-state index in [1.165, 1.54) is 26.1 Å². The van der Waals surface area contributed by atoms with Crippen molar-refractivity contribution in [3.05, 3.63) is 36.2 Å². The van der Waals surface area contributed by atoms with Gasteiger partial charge in [-0.25, -0.2) is 15.0 Å². The number of nitrogens with one attached hydrogen (secondary N) is 2. The fraction of sp³-hybridized carbons (Fsp3) is 0.476. The number of aryl methyl sites for hydroxylation is 1. The number of hydrogen-bond donors (Lipinski definition) is 2. The van der Waals surface area contributed by atoms with Crippen LogP contribution in [0.4, 0.5) is 11.6 Å². The van der Waals surface area contributed by atoms with E-state index in [-0.39, 0.29) is 11.6 Å². The van der Waals surface area contributed by atoms with E-state index >= 15 is 0 Å². The highest BCUT2D eigenvalue weighted by Gasteiger charge is 2.27. The van der Waals surface area contributed by atoms with Crippen molar-refractivity contribution in [2.75, 3.05) is 37.0 Å². The predicted molar refractivity (Wildman–Crippen MR) is 116 cm³/mol. The van der Waals surface area contributed by atoms with E-state index in [1.807, 2.05) is 13.1 Å². The van der Waals surface area contributed by atoms with Crippen LogP contribution in [0.15, 0.2) is 24.8 Å². The lowest BCUT2D eigenvalue weighted by molar-refractivity contribution is 0.102. The quantitative estimate of drug-likeness (QED) is 0.592. The molecule has 0 spiro atoms. The van der Waals surface area contributed by atoms with Gasteiger partial charge in [-0.2, -0.15) is 4.98 Å². The average molecular weight is 422 g/mol. The van der Waals surface area contributed by atoms with Gasteiger partial charge in [0.25, 0.3) is 11.8 Å². The molecule has 10 nitrogen and oxygen atoms in total. The molecule has 0 bridgehead atoms. The van der Waals surface area contributed by atoms with Crippen LogP contribution in [-0.2, 0) is 0 Å². The van der Waals surface area contributed by atoms with Crippen LogP contribution < -0.4 is 20.3 Å². The Morgan fingerprint density at radius 2 is 2.06 bits per heavy atom. The molecule has 3 aromatic rings. The smallest absolute Gasteiger partial charge is 0.277 e. The molecule has 0 radical (unpaired) electrons. The minimum atomic E-state index is -0.377. The predicted octanol–water partition coefficient (Wildman–Crippen LogP) is 1.67. The number of fused-ring (bicyclic) bond motifs is 1. The molecule has 31 heavy (non-hydrogen) atoms. The van der Waals surface area contributed by atoms with Crippen LogP contribution >= 0.6 is 0 Å². The summed E-state index contributed by atoms with van der Waals surface area (Å²) in [6.07, 6.45) is 10.5. The van der Waals surface area contributed by atoms with Crippen molar-refractivity contribution in [3.8, 4) is 5.88 Å². The number of ether oxygens (including phenoxy) is 1. The van der Waals surface area contributed by atoms with E-state index < -0.39 is 0 Å². The maximum Gasteiger partial charge on any atom is 0.277 e. The molecule has 162 valence electrons. The molecule has 1 amide bonds. The summed E-state index contributed by atoms with van der Waals surface area (Å²) in [6.45, 7) is 4.87. The number of rotatable bonds is 7. The second-order valence-corrected chi connectivity index (χ2v) is 8.25. The van der Waals surface area contributed by atoms with Crippen LogP contribution in [-0.4, -0.2) is 63.0 Å². The third-order valence-electron chi connectivity index (χ3n) is 5.72. The summed E-state index contributed by atoms with van der Waals surface area (Å²) in [5.74, 6) is 1.75. The van der Waals surface area contributed by atoms with Gasteiger partial charge in [0, 0.05) is 25.3 Å². The fourth-order valence-electron chi connectivity index (χ4n) is 3.90. The third-order valence-corrected chi connectivity index (χ3v) is 5.72. The summed E-state index contributed by atoms with van der Waals surface area (Å²) in [5.41, 5.74) is 1.66. The molecular formula is C21H26N8O2. The largest absolute Gasteiger partial charge is 0.478 e. The molecule has 2 aliphatic rings. The van der Waals surface area contributed by atoms with Gasteiger partial charge < -0.3 is 20.3 Å². The number of imidazole rings is 1. The second kappa shape index (κ2) is 8.10. The van der Waals surface area contributed by atoms with Crippen LogP contribution in [0, 0.1) is 12.8 Å². The Labute approximate surface area is 180 Å². The van der Waals surface area contributed by atoms with Crippen LogP contribution in [0.2, 0.25) is 0 Å². The topological polar surface area (TPSA) is 110 Å². The summed E-state index contributed by atoms with van der Waals surface area (Å²) >= 11 is 0. The summed E-state index contributed by atoms with van der Waals surface area (Å²) in [4.78, 5) is 32.4. The van der Waals surface area contributed by atoms with Gasteiger partial charge in [-0.05, 0) is 38.6 Å². The number of methoxy groups -OCH3 is 1. The highest BCUT2D eigenvalue weighted by Crippen LogP contribution is 2.24. The van der Waals surface area contributed by atoms with Gasteiger partial charge in [-0.3, -0.25) is 9.20 Å². The lowest BCUT2D eigenvalue weighted by Crippen LogP contribution is -2.28. The Balaban J connectivity index is 1.23. The van der Waals surface area contributed by atoms with Gasteiger partial charge in [0.2, 0.25) is 5.65 Å². The minimum Gasteiger partial charge on any atom is -0.478 e. The maximum atomic E-state index is 12.7. The van der Waals surface area contributed by atoms with Crippen molar-refractivity contribution < 1.29 is 9.53 Å². The number of carbonyl (C=O) groups is 1. The maximum absolute atomic E-state index is 12.7.